The van der Waals surface area contributed by atoms with E-state index in [1.165, 1.54) is 47.9 Å². The summed E-state index contributed by atoms with van der Waals surface area (Å²) in [6.45, 7) is 7.64. The predicted molar refractivity (Wildman–Crippen MR) is 82.6 cm³/mol. The maximum Gasteiger partial charge on any atom is 0.0219 e. The number of nitrogens with one attached hydrogen (secondary N) is 1. The lowest BCUT2D eigenvalue weighted by atomic mass is 9.91. The van der Waals surface area contributed by atoms with E-state index in [4.69, 9.17) is 5.73 Å². The van der Waals surface area contributed by atoms with Crippen LogP contribution in [0.2, 0.25) is 0 Å². The van der Waals surface area contributed by atoms with Gasteiger partial charge in [-0.15, -0.1) is 0 Å². The molecule has 0 aromatic heterocycles. The summed E-state index contributed by atoms with van der Waals surface area (Å²) in [4.78, 5) is 0. The Labute approximate surface area is 117 Å². The highest BCUT2D eigenvalue weighted by molar-refractivity contribution is 5.36. The minimum Gasteiger partial charge on any atom is -0.326 e. The molecule has 19 heavy (non-hydrogen) atoms. The van der Waals surface area contributed by atoms with Crippen LogP contribution in [0.4, 0.5) is 0 Å². The normalized spacial score (nSPS) is 23.6. The molecule has 2 nitrogen and oxygen atoms in total. The van der Waals surface area contributed by atoms with Crippen molar-refractivity contribution in [1.82, 2.24) is 5.32 Å². The summed E-state index contributed by atoms with van der Waals surface area (Å²) in [5.74, 6) is 0. The van der Waals surface area contributed by atoms with Crippen LogP contribution >= 0.6 is 0 Å². The van der Waals surface area contributed by atoms with Gasteiger partial charge in [-0.05, 0) is 68.8 Å². The van der Waals surface area contributed by atoms with Gasteiger partial charge in [0.05, 0.1) is 0 Å². The molecule has 3 N–H and O–H groups in total. The second-order valence-electron chi connectivity index (χ2n) is 6.12. The Morgan fingerprint density at radius 3 is 2.47 bits per heavy atom. The van der Waals surface area contributed by atoms with Gasteiger partial charge in [0, 0.05) is 12.1 Å². The molecule has 0 radical (unpaired) electrons. The van der Waals surface area contributed by atoms with Gasteiger partial charge >= 0.3 is 0 Å². The zero-order valence-corrected chi connectivity index (χ0v) is 12.6. The molecule has 0 heterocycles. The fourth-order valence-electron chi connectivity index (χ4n) is 3.09. The lowest BCUT2D eigenvalue weighted by Gasteiger charge is -2.29. The Kier molecular flexibility index (Phi) is 5.00. The first-order chi connectivity index (χ1) is 9.08. The second-order valence-corrected chi connectivity index (χ2v) is 6.12. The summed E-state index contributed by atoms with van der Waals surface area (Å²) in [6, 6.07) is 5.53. The molecule has 2 atom stereocenters. The van der Waals surface area contributed by atoms with Crippen molar-refractivity contribution in [2.24, 2.45) is 5.73 Å². The van der Waals surface area contributed by atoms with Gasteiger partial charge in [0.1, 0.15) is 0 Å². The average Bonchev–Trinajstić information content (AvgIpc) is 2.38. The number of hydrogen-bond donors (Lipinski definition) is 2. The van der Waals surface area contributed by atoms with Crippen LogP contribution < -0.4 is 11.1 Å². The lowest BCUT2D eigenvalue weighted by Crippen LogP contribution is -2.47. The van der Waals surface area contributed by atoms with E-state index in [1.54, 1.807) is 0 Å². The smallest absolute Gasteiger partial charge is 0.0219 e. The minimum absolute atomic E-state index is 0.356. The number of aryl methyl sites for hydroxylation is 3. The van der Waals surface area contributed by atoms with Crippen LogP contribution in [0.1, 0.15) is 47.9 Å². The monoisotopic (exact) mass is 260 g/mol. The Hall–Kier alpha value is -0.860. The molecule has 1 aromatic carbocycles. The van der Waals surface area contributed by atoms with Crippen molar-refractivity contribution in [3.8, 4) is 0 Å². The van der Waals surface area contributed by atoms with Gasteiger partial charge in [-0.2, -0.15) is 0 Å². The molecule has 2 rings (SSSR count). The summed E-state index contributed by atoms with van der Waals surface area (Å²) >= 11 is 0. The van der Waals surface area contributed by atoms with E-state index < -0.39 is 0 Å². The highest BCUT2D eigenvalue weighted by atomic mass is 14.9. The molecule has 1 fully saturated rings. The Morgan fingerprint density at radius 2 is 1.74 bits per heavy atom. The van der Waals surface area contributed by atoms with E-state index in [2.05, 4.69) is 38.2 Å². The predicted octanol–water partition coefficient (Wildman–Crippen LogP) is 3.01. The first-order valence-electron chi connectivity index (χ1n) is 7.63. The lowest BCUT2D eigenvalue weighted by molar-refractivity contribution is 0.329. The molecule has 106 valence electrons. The van der Waals surface area contributed by atoms with E-state index in [1.807, 2.05) is 0 Å². The molecule has 2 unspecified atom stereocenters. The van der Waals surface area contributed by atoms with E-state index in [0.717, 1.165) is 13.0 Å². The first-order valence-corrected chi connectivity index (χ1v) is 7.63. The van der Waals surface area contributed by atoms with Crippen molar-refractivity contribution >= 4 is 0 Å². The summed E-state index contributed by atoms with van der Waals surface area (Å²) < 4.78 is 0. The fraction of sp³-hybridized carbons (Fsp3) is 0.647. The van der Waals surface area contributed by atoms with Crippen molar-refractivity contribution < 1.29 is 0 Å². The molecule has 0 spiro atoms. The van der Waals surface area contributed by atoms with Crippen LogP contribution in [0.15, 0.2) is 12.1 Å². The molecule has 1 aromatic rings. The molecule has 0 amide bonds. The van der Waals surface area contributed by atoms with Crippen LogP contribution in [0, 0.1) is 20.8 Å². The minimum atomic E-state index is 0.356. The zero-order chi connectivity index (χ0) is 13.8. The average molecular weight is 260 g/mol. The number of rotatable bonds is 4. The van der Waals surface area contributed by atoms with Gasteiger partial charge in [-0.3, -0.25) is 0 Å². The van der Waals surface area contributed by atoms with Crippen LogP contribution in [-0.4, -0.2) is 18.6 Å². The molecule has 0 bridgehead atoms. The Morgan fingerprint density at radius 1 is 1.05 bits per heavy atom. The van der Waals surface area contributed by atoms with Crippen LogP contribution in [0.5, 0.6) is 0 Å². The molecule has 0 saturated heterocycles. The standard InChI is InChI=1S/C17H28N2/c1-12-10-14(3)15(11-13(12)2)8-9-19-17-7-5-4-6-16(17)18/h10-11,16-17,19H,4-9,18H2,1-3H3. The van der Waals surface area contributed by atoms with E-state index >= 15 is 0 Å². The van der Waals surface area contributed by atoms with E-state index in [0.29, 0.717) is 12.1 Å². The topological polar surface area (TPSA) is 38.0 Å². The zero-order valence-electron chi connectivity index (χ0n) is 12.6. The highest BCUT2D eigenvalue weighted by Crippen LogP contribution is 2.18. The highest BCUT2D eigenvalue weighted by Gasteiger charge is 2.20. The third-order valence-electron chi connectivity index (χ3n) is 4.57. The SMILES string of the molecule is Cc1cc(C)c(CCNC2CCCCC2N)cc1C. The molecule has 1 aliphatic rings. The van der Waals surface area contributed by atoms with Gasteiger partial charge in [-0.25, -0.2) is 0 Å². The van der Waals surface area contributed by atoms with Gasteiger partial charge in [-0.1, -0.05) is 25.0 Å². The maximum atomic E-state index is 6.17. The quantitative estimate of drug-likeness (QED) is 0.873. The van der Waals surface area contributed by atoms with Crippen molar-refractivity contribution in [2.75, 3.05) is 6.54 Å². The molecular formula is C17H28N2. The largest absolute Gasteiger partial charge is 0.326 e. The second kappa shape index (κ2) is 6.53. The van der Waals surface area contributed by atoms with Crippen molar-refractivity contribution in [3.05, 3.63) is 34.4 Å². The molecule has 1 aliphatic carbocycles. The summed E-state index contributed by atoms with van der Waals surface area (Å²) in [5, 5.41) is 3.66. The fourth-order valence-corrected chi connectivity index (χ4v) is 3.09. The Balaban J connectivity index is 1.87. The first kappa shape index (κ1) is 14.5. The van der Waals surface area contributed by atoms with Crippen molar-refractivity contribution in [1.29, 1.82) is 0 Å². The molecule has 1 saturated carbocycles. The summed E-state index contributed by atoms with van der Waals surface area (Å²) in [7, 11) is 0. The van der Waals surface area contributed by atoms with Gasteiger partial charge in [0.2, 0.25) is 0 Å². The summed E-state index contributed by atoms with van der Waals surface area (Å²) in [6.07, 6.45) is 6.16. The van der Waals surface area contributed by atoms with Crippen LogP contribution in [0.3, 0.4) is 0 Å². The maximum absolute atomic E-state index is 6.17. The molecule has 2 heteroatoms. The van der Waals surface area contributed by atoms with Crippen LogP contribution in [-0.2, 0) is 6.42 Å². The molecular weight excluding hydrogens is 232 g/mol. The van der Waals surface area contributed by atoms with Gasteiger partial charge < -0.3 is 11.1 Å². The number of hydrogen-bond acceptors (Lipinski definition) is 2. The number of nitrogens with two attached hydrogens (primary N) is 1. The Bertz CT molecular complexity index is 426. The summed E-state index contributed by atoms with van der Waals surface area (Å²) in [5.41, 5.74) is 11.8. The molecule has 0 aliphatic heterocycles. The number of benzene rings is 1. The van der Waals surface area contributed by atoms with E-state index in [-0.39, 0.29) is 0 Å². The van der Waals surface area contributed by atoms with Crippen LogP contribution in [0.25, 0.3) is 0 Å². The van der Waals surface area contributed by atoms with E-state index in [9.17, 15) is 0 Å². The third-order valence-corrected chi connectivity index (χ3v) is 4.57. The van der Waals surface area contributed by atoms with Gasteiger partial charge in [0.15, 0.2) is 0 Å². The van der Waals surface area contributed by atoms with Crippen molar-refractivity contribution in [2.45, 2.75) is 65.0 Å². The third kappa shape index (κ3) is 3.80. The van der Waals surface area contributed by atoms with Gasteiger partial charge in [0.25, 0.3) is 0 Å². The van der Waals surface area contributed by atoms with Crippen molar-refractivity contribution in [3.63, 3.8) is 0 Å².